The van der Waals surface area contributed by atoms with Gasteiger partial charge in [0.05, 0.1) is 15.9 Å². The fourth-order valence-corrected chi connectivity index (χ4v) is 2.54. The van der Waals surface area contributed by atoms with Crippen LogP contribution in [0.3, 0.4) is 0 Å². The molecule has 0 aliphatic heterocycles. The summed E-state index contributed by atoms with van der Waals surface area (Å²) in [5, 5.41) is 4.37. The maximum Gasteiger partial charge on any atom is 0.0738 e. The summed E-state index contributed by atoms with van der Waals surface area (Å²) < 4.78 is 2.95. The van der Waals surface area contributed by atoms with Gasteiger partial charge in [0.2, 0.25) is 0 Å². The molecule has 0 bridgehead atoms. The number of aryl methyl sites for hydroxylation is 2. The highest BCUT2D eigenvalue weighted by atomic mass is 79.9. The van der Waals surface area contributed by atoms with Gasteiger partial charge >= 0.3 is 0 Å². The topological polar surface area (TPSA) is 56.7 Å². The van der Waals surface area contributed by atoms with Gasteiger partial charge in [-0.2, -0.15) is 5.10 Å². The number of hydrogen-bond acceptors (Lipinski definition) is 3. The van der Waals surface area contributed by atoms with Crippen molar-refractivity contribution in [2.75, 3.05) is 0 Å². The van der Waals surface area contributed by atoms with Crippen LogP contribution in [0.25, 0.3) is 0 Å². The molecule has 96 valence electrons. The zero-order valence-electron chi connectivity index (χ0n) is 10.6. The second kappa shape index (κ2) is 5.63. The van der Waals surface area contributed by atoms with Gasteiger partial charge in [0.15, 0.2) is 0 Å². The molecule has 0 saturated heterocycles. The van der Waals surface area contributed by atoms with Crippen LogP contribution in [0.15, 0.2) is 29.0 Å². The van der Waals surface area contributed by atoms with Crippen molar-refractivity contribution in [1.82, 2.24) is 14.8 Å². The van der Waals surface area contributed by atoms with Gasteiger partial charge in [-0.25, -0.2) is 0 Å². The molecule has 5 heteroatoms. The molecule has 0 radical (unpaired) electrons. The van der Waals surface area contributed by atoms with Gasteiger partial charge in [0.25, 0.3) is 0 Å². The summed E-state index contributed by atoms with van der Waals surface area (Å²) in [5.41, 5.74) is 9.51. The van der Waals surface area contributed by atoms with Gasteiger partial charge in [-0.15, -0.1) is 0 Å². The number of nitrogens with zero attached hydrogens (tertiary/aromatic N) is 3. The first-order valence-electron chi connectivity index (χ1n) is 5.90. The molecular weight excluding hydrogens is 292 g/mol. The molecule has 0 aliphatic rings. The normalized spacial score (nSPS) is 12.7. The van der Waals surface area contributed by atoms with Crippen LogP contribution in [0, 0.1) is 6.92 Å². The van der Waals surface area contributed by atoms with Crippen molar-refractivity contribution in [3.63, 3.8) is 0 Å². The first-order valence-corrected chi connectivity index (χ1v) is 6.69. The van der Waals surface area contributed by atoms with E-state index in [0.29, 0.717) is 0 Å². The summed E-state index contributed by atoms with van der Waals surface area (Å²) in [5.74, 6) is 0. The fraction of sp³-hybridized carbons (Fsp3) is 0.385. The van der Waals surface area contributed by atoms with Gasteiger partial charge in [0, 0.05) is 31.9 Å². The maximum atomic E-state index is 6.20. The van der Waals surface area contributed by atoms with Crippen molar-refractivity contribution in [2.24, 2.45) is 12.8 Å². The first kappa shape index (κ1) is 13.2. The summed E-state index contributed by atoms with van der Waals surface area (Å²) in [4.78, 5) is 4.10. The van der Waals surface area contributed by atoms with Crippen LogP contribution < -0.4 is 5.73 Å². The summed E-state index contributed by atoms with van der Waals surface area (Å²) in [6.07, 6.45) is 5.26. The Morgan fingerprint density at radius 2 is 2.22 bits per heavy atom. The molecule has 4 nitrogen and oxygen atoms in total. The number of aromatic nitrogens is 3. The third kappa shape index (κ3) is 2.97. The molecule has 1 unspecified atom stereocenters. The van der Waals surface area contributed by atoms with E-state index in [1.54, 1.807) is 6.20 Å². The molecule has 2 heterocycles. The predicted octanol–water partition coefficient (Wildman–Crippen LogP) is 2.00. The number of nitrogens with two attached hydrogens (primary N) is 1. The third-order valence-electron chi connectivity index (χ3n) is 2.94. The smallest absolute Gasteiger partial charge is 0.0738 e. The zero-order chi connectivity index (χ0) is 13.1. The summed E-state index contributed by atoms with van der Waals surface area (Å²) in [6.45, 7) is 1.99. The summed E-state index contributed by atoms with van der Waals surface area (Å²) >= 11 is 3.56. The van der Waals surface area contributed by atoms with Gasteiger partial charge in [-0.05, 0) is 40.9 Å². The van der Waals surface area contributed by atoms with E-state index in [1.165, 1.54) is 5.56 Å². The highest BCUT2D eigenvalue weighted by Crippen LogP contribution is 2.21. The molecule has 2 N–H and O–H groups in total. The summed E-state index contributed by atoms with van der Waals surface area (Å²) in [6, 6.07) is 4.06. The number of hydrogen-bond donors (Lipinski definition) is 1. The Labute approximate surface area is 115 Å². The molecule has 2 aromatic heterocycles. The quantitative estimate of drug-likeness (QED) is 0.940. The minimum atomic E-state index is 0.0697. The maximum absolute atomic E-state index is 6.20. The van der Waals surface area contributed by atoms with Crippen molar-refractivity contribution in [3.8, 4) is 0 Å². The standard InChI is InChI=1S/C13H17BrN4/c1-9-13(14)12(18(2)17-9)7-11(15)6-10-4-3-5-16-8-10/h3-5,8,11H,6-7,15H2,1-2H3. The van der Waals surface area contributed by atoms with E-state index in [1.807, 2.05) is 30.9 Å². The zero-order valence-corrected chi connectivity index (χ0v) is 12.2. The van der Waals surface area contributed by atoms with Crippen molar-refractivity contribution in [1.29, 1.82) is 0 Å². The number of rotatable bonds is 4. The van der Waals surface area contributed by atoms with Crippen molar-refractivity contribution in [2.45, 2.75) is 25.8 Å². The summed E-state index contributed by atoms with van der Waals surface area (Å²) in [7, 11) is 1.95. The molecule has 0 fully saturated rings. The van der Waals surface area contributed by atoms with Crippen molar-refractivity contribution in [3.05, 3.63) is 46.0 Å². The third-order valence-corrected chi connectivity index (χ3v) is 3.97. The second-order valence-electron chi connectivity index (χ2n) is 4.50. The molecule has 18 heavy (non-hydrogen) atoms. The fourth-order valence-electron chi connectivity index (χ4n) is 2.04. The largest absolute Gasteiger partial charge is 0.327 e. The SMILES string of the molecule is Cc1nn(C)c(CC(N)Cc2cccnc2)c1Br. The first-order chi connectivity index (χ1) is 8.58. The lowest BCUT2D eigenvalue weighted by Gasteiger charge is -2.12. The van der Waals surface area contributed by atoms with Crippen LogP contribution in [0.2, 0.25) is 0 Å². The molecule has 0 amide bonds. The molecular formula is C13H17BrN4. The van der Waals surface area contributed by atoms with E-state index in [0.717, 1.165) is 28.7 Å². The van der Waals surface area contributed by atoms with E-state index in [-0.39, 0.29) is 6.04 Å². The highest BCUT2D eigenvalue weighted by Gasteiger charge is 2.14. The van der Waals surface area contributed by atoms with Crippen LogP contribution in [0.5, 0.6) is 0 Å². The average Bonchev–Trinajstić information content (AvgIpc) is 2.57. The molecule has 2 aromatic rings. The van der Waals surface area contributed by atoms with Gasteiger partial charge in [0.1, 0.15) is 0 Å². The lowest BCUT2D eigenvalue weighted by molar-refractivity contribution is 0.610. The molecule has 2 rings (SSSR count). The Hall–Kier alpha value is -1.20. The van der Waals surface area contributed by atoms with E-state index in [4.69, 9.17) is 5.73 Å². The van der Waals surface area contributed by atoms with Gasteiger partial charge in [-0.1, -0.05) is 6.07 Å². The Bertz CT molecular complexity index is 521. The van der Waals surface area contributed by atoms with Crippen molar-refractivity contribution >= 4 is 15.9 Å². The highest BCUT2D eigenvalue weighted by molar-refractivity contribution is 9.10. The van der Waals surface area contributed by atoms with Crippen LogP contribution in [-0.4, -0.2) is 20.8 Å². The minimum Gasteiger partial charge on any atom is -0.327 e. The van der Waals surface area contributed by atoms with Crippen LogP contribution in [0.4, 0.5) is 0 Å². The molecule has 0 aromatic carbocycles. The number of pyridine rings is 1. The Kier molecular flexibility index (Phi) is 4.14. The van der Waals surface area contributed by atoms with Crippen LogP contribution in [-0.2, 0) is 19.9 Å². The van der Waals surface area contributed by atoms with E-state index in [2.05, 4.69) is 32.1 Å². The monoisotopic (exact) mass is 308 g/mol. The second-order valence-corrected chi connectivity index (χ2v) is 5.29. The lowest BCUT2D eigenvalue weighted by atomic mass is 10.0. The van der Waals surface area contributed by atoms with E-state index >= 15 is 0 Å². The minimum absolute atomic E-state index is 0.0697. The molecule has 0 saturated carbocycles. The Balaban J connectivity index is 2.05. The molecule has 0 aliphatic carbocycles. The lowest BCUT2D eigenvalue weighted by Crippen LogP contribution is -2.26. The van der Waals surface area contributed by atoms with Gasteiger partial charge in [-0.3, -0.25) is 9.67 Å². The Morgan fingerprint density at radius 3 is 2.78 bits per heavy atom. The van der Waals surface area contributed by atoms with Crippen LogP contribution >= 0.6 is 15.9 Å². The van der Waals surface area contributed by atoms with E-state index < -0.39 is 0 Å². The average molecular weight is 309 g/mol. The van der Waals surface area contributed by atoms with Crippen molar-refractivity contribution < 1.29 is 0 Å². The number of halogens is 1. The molecule has 1 atom stereocenters. The predicted molar refractivity (Wildman–Crippen MR) is 75.3 cm³/mol. The van der Waals surface area contributed by atoms with Crippen LogP contribution in [0.1, 0.15) is 17.0 Å². The molecule has 0 spiro atoms. The Morgan fingerprint density at radius 1 is 1.44 bits per heavy atom. The van der Waals surface area contributed by atoms with E-state index in [9.17, 15) is 0 Å². The van der Waals surface area contributed by atoms with Gasteiger partial charge < -0.3 is 5.73 Å².